The highest BCUT2D eigenvalue weighted by Crippen LogP contribution is 2.49. The van der Waals surface area contributed by atoms with Crippen LogP contribution in [-0.4, -0.2) is 40.7 Å². The number of hydrogen-bond donors (Lipinski definition) is 0. The van der Waals surface area contributed by atoms with E-state index in [1.165, 1.54) is 11.1 Å². The van der Waals surface area contributed by atoms with Gasteiger partial charge in [0.05, 0.1) is 18.7 Å². The van der Waals surface area contributed by atoms with Gasteiger partial charge in [-0.15, -0.1) is 11.8 Å². The zero-order chi connectivity index (χ0) is 18.2. The Morgan fingerprint density at radius 2 is 1.78 bits per heavy atom. The SMILES string of the molecule is O=C1OC[C@H](c2ccccc2)N2[C@H]3[C@H](CS[C@@H]3OCc3ccccc3)C[C@@H]12. The molecule has 0 unspecified atom stereocenters. The molecule has 2 aromatic carbocycles. The van der Waals surface area contributed by atoms with Crippen molar-refractivity contribution < 1.29 is 14.3 Å². The molecule has 2 aromatic rings. The van der Waals surface area contributed by atoms with E-state index in [0.29, 0.717) is 19.1 Å². The van der Waals surface area contributed by atoms with Gasteiger partial charge in [-0.1, -0.05) is 60.7 Å². The number of fused-ring (bicyclic) bond motifs is 3. The number of carbonyl (C=O) groups excluding carboxylic acids is 1. The molecule has 0 aromatic heterocycles. The molecule has 27 heavy (non-hydrogen) atoms. The molecule has 3 aliphatic rings. The average Bonchev–Trinajstić information content (AvgIpc) is 3.29. The van der Waals surface area contributed by atoms with Crippen molar-refractivity contribution in [1.82, 2.24) is 4.90 Å². The van der Waals surface area contributed by atoms with Crippen LogP contribution in [-0.2, 0) is 20.9 Å². The van der Waals surface area contributed by atoms with Gasteiger partial charge in [0.15, 0.2) is 0 Å². The third-order valence-electron chi connectivity index (χ3n) is 5.92. The van der Waals surface area contributed by atoms with Crippen LogP contribution in [0.4, 0.5) is 0 Å². The van der Waals surface area contributed by atoms with Crippen LogP contribution in [0.15, 0.2) is 60.7 Å². The van der Waals surface area contributed by atoms with E-state index >= 15 is 0 Å². The molecule has 0 amide bonds. The molecule has 0 radical (unpaired) electrons. The second-order valence-electron chi connectivity index (χ2n) is 7.50. The fraction of sp³-hybridized carbons (Fsp3) is 0.409. The Hall–Kier alpha value is -1.82. The zero-order valence-electron chi connectivity index (χ0n) is 15.1. The van der Waals surface area contributed by atoms with E-state index in [1.807, 2.05) is 36.0 Å². The Bertz CT molecular complexity index is 800. The number of carbonyl (C=O) groups is 1. The normalized spacial score (nSPS) is 32.7. The summed E-state index contributed by atoms with van der Waals surface area (Å²) in [5, 5.41) is 0. The van der Waals surface area contributed by atoms with E-state index in [0.717, 1.165) is 12.2 Å². The fourth-order valence-corrected chi connectivity index (χ4v) is 6.17. The number of cyclic esters (lactones) is 1. The summed E-state index contributed by atoms with van der Waals surface area (Å²) in [5.41, 5.74) is 2.50. The van der Waals surface area contributed by atoms with E-state index in [1.54, 1.807) is 0 Å². The molecule has 0 spiro atoms. The average molecular weight is 381 g/mol. The van der Waals surface area contributed by atoms with Gasteiger partial charge in [0.2, 0.25) is 0 Å². The van der Waals surface area contributed by atoms with Crippen LogP contribution in [0.3, 0.4) is 0 Å². The highest BCUT2D eigenvalue weighted by molar-refractivity contribution is 8.00. The summed E-state index contributed by atoms with van der Waals surface area (Å²) < 4.78 is 11.9. The Kier molecular flexibility index (Phi) is 4.68. The first kappa shape index (κ1) is 17.3. The highest BCUT2D eigenvalue weighted by Gasteiger charge is 2.56. The maximum Gasteiger partial charge on any atom is 0.323 e. The minimum Gasteiger partial charge on any atom is -0.462 e. The lowest BCUT2D eigenvalue weighted by molar-refractivity contribution is -0.163. The Morgan fingerprint density at radius 1 is 1.04 bits per heavy atom. The number of benzene rings is 2. The number of thioether (sulfide) groups is 1. The molecule has 5 rings (SSSR count). The van der Waals surface area contributed by atoms with Gasteiger partial charge in [-0.25, -0.2) is 0 Å². The smallest absolute Gasteiger partial charge is 0.323 e. The lowest BCUT2D eigenvalue weighted by Gasteiger charge is -2.41. The number of morpholine rings is 1. The van der Waals surface area contributed by atoms with Crippen LogP contribution in [0, 0.1) is 5.92 Å². The topological polar surface area (TPSA) is 38.8 Å². The van der Waals surface area contributed by atoms with E-state index in [-0.39, 0.29) is 29.5 Å². The molecule has 140 valence electrons. The molecule has 3 heterocycles. The van der Waals surface area contributed by atoms with Gasteiger partial charge in [0.25, 0.3) is 0 Å². The van der Waals surface area contributed by atoms with Crippen molar-refractivity contribution in [2.45, 2.75) is 36.6 Å². The van der Waals surface area contributed by atoms with Crippen molar-refractivity contribution in [2.24, 2.45) is 5.92 Å². The van der Waals surface area contributed by atoms with E-state index in [4.69, 9.17) is 9.47 Å². The third kappa shape index (κ3) is 3.18. The van der Waals surface area contributed by atoms with Crippen LogP contribution in [0.25, 0.3) is 0 Å². The predicted molar refractivity (Wildman–Crippen MR) is 105 cm³/mol. The summed E-state index contributed by atoms with van der Waals surface area (Å²) in [6.07, 6.45) is 0.880. The Balaban J connectivity index is 1.39. The standard InChI is InChI=1S/C22H23NO3S/c24-21-18-11-17-14-27-22(26-12-15-7-3-1-4-8-15)20(17)23(18)19(13-25-21)16-9-5-2-6-10-16/h1-10,17-20,22H,11-14H2/t17-,18-,19+,20-,22-/m0/s1. The molecule has 0 N–H and O–H groups in total. The lowest BCUT2D eigenvalue weighted by Crippen LogP contribution is -2.52. The largest absolute Gasteiger partial charge is 0.462 e. The molecule has 3 aliphatic heterocycles. The quantitative estimate of drug-likeness (QED) is 0.756. The summed E-state index contributed by atoms with van der Waals surface area (Å²) in [4.78, 5) is 14.9. The van der Waals surface area contributed by atoms with Gasteiger partial charge < -0.3 is 9.47 Å². The van der Waals surface area contributed by atoms with E-state index in [2.05, 4.69) is 41.3 Å². The van der Waals surface area contributed by atoms with Crippen LogP contribution >= 0.6 is 11.8 Å². The molecule has 3 fully saturated rings. The molecule has 0 aliphatic carbocycles. The van der Waals surface area contributed by atoms with Crippen molar-refractivity contribution in [3.8, 4) is 0 Å². The van der Waals surface area contributed by atoms with Crippen molar-refractivity contribution in [2.75, 3.05) is 12.4 Å². The summed E-state index contributed by atoms with van der Waals surface area (Å²) in [7, 11) is 0. The second-order valence-corrected chi connectivity index (χ2v) is 8.64. The number of ether oxygens (including phenoxy) is 2. The van der Waals surface area contributed by atoms with Crippen LogP contribution in [0.5, 0.6) is 0 Å². The maximum atomic E-state index is 12.5. The minimum absolute atomic E-state index is 0.0663. The minimum atomic E-state index is -0.136. The van der Waals surface area contributed by atoms with Crippen LogP contribution < -0.4 is 0 Å². The van der Waals surface area contributed by atoms with Crippen molar-refractivity contribution >= 4 is 17.7 Å². The van der Waals surface area contributed by atoms with Crippen molar-refractivity contribution in [3.63, 3.8) is 0 Å². The van der Waals surface area contributed by atoms with Gasteiger partial charge in [-0.3, -0.25) is 9.69 Å². The molecule has 4 nitrogen and oxygen atoms in total. The fourth-order valence-electron chi connectivity index (χ4n) is 4.67. The molecular weight excluding hydrogens is 358 g/mol. The number of rotatable bonds is 4. The monoisotopic (exact) mass is 381 g/mol. The first-order valence-corrected chi connectivity index (χ1v) is 10.6. The number of nitrogens with zero attached hydrogens (tertiary/aromatic N) is 1. The van der Waals surface area contributed by atoms with Gasteiger partial charge in [0, 0.05) is 5.75 Å². The molecule has 3 saturated heterocycles. The second kappa shape index (κ2) is 7.30. The number of esters is 1. The highest BCUT2D eigenvalue weighted by atomic mass is 32.2. The van der Waals surface area contributed by atoms with E-state index in [9.17, 15) is 4.79 Å². The van der Waals surface area contributed by atoms with Crippen LogP contribution in [0.1, 0.15) is 23.6 Å². The summed E-state index contributed by atoms with van der Waals surface area (Å²) in [6, 6.07) is 21.0. The van der Waals surface area contributed by atoms with Crippen molar-refractivity contribution in [3.05, 3.63) is 71.8 Å². The Morgan fingerprint density at radius 3 is 2.56 bits per heavy atom. The molecule has 0 bridgehead atoms. The Labute approximate surface area is 163 Å². The lowest BCUT2D eigenvalue weighted by atomic mass is 10.0. The molecule has 0 saturated carbocycles. The summed E-state index contributed by atoms with van der Waals surface area (Å²) in [6.45, 7) is 1.04. The zero-order valence-corrected chi connectivity index (χ0v) is 15.9. The van der Waals surface area contributed by atoms with Gasteiger partial charge >= 0.3 is 5.97 Å². The van der Waals surface area contributed by atoms with Crippen LogP contribution in [0.2, 0.25) is 0 Å². The third-order valence-corrected chi connectivity index (χ3v) is 7.29. The first-order chi connectivity index (χ1) is 13.3. The molecular formula is C22H23NO3S. The molecule has 5 atom stereocenters. The molecule has 5 heteroatoms. The van der Waals surface area contributed by atoms with E-state index < -0.39 is 0 Å². The van der Waals surface area contributed by atoms with Crippen molar-refractivity contribution in [1.29, 1.82) is 0 Å². The van der Waals surface area contributed by atoms with Gasteiger partial charge in [-0.05, 0) is 23.5 Å². The first-order valence-electron chi connectivity index (χ1n) is 9.57. The summed E-state index contributed by atoms with van der Waals surface area (Å²) >= 11 is 1.89. The van der Waals surface area contributed by atoms with Gasteiger partial charge in [-0.2, -0.15) is 0 Å². The number of hydrogen-bond acceptors (Lipinski definition) is 5. The predicted octanol–water partition coefficient (Wildman–Crippen LogP) is 3.63. The summed E-state index contributed by atoms with van der Waals surface area (Å²) in [5.74, 6) is 1.47. The van der Waals surface area contributed by atoms with Gasteiger partial charge in [0.1, 0.15) is 18.1 Å². The maximum absolute atomic E-state index is 12.5.